The molecule has 0 aliphatic rings. The van der Waals surface area contributed by atoms with Gasteiger partial charge in [-0.2, -0.15) is 0 Å². The third-order valence-electron chi connectivity index (χ3n) is 2.85. The Bertz CT molecular complexity index is 469. The first-order chi connectivity index (χ1) is 9.70. The molecular weight excluding hydrogens is 272 g/mol. The first-order valence-electron chi connectivity index (χ1n) is 6.96. The molecule has 1 aromatic rings. The van der Waals surface area contributed by atoms with Gasteiger partial charge >= 0.3 is 5.97 Å². The molecular formula is C16H22O3S. The molecule has 0 N–H and O–H groups in total. The highest BCUT2D eigenvalue weighted by Gasteiger charge is 2.15. The van der Waals surface area contributed by atoms with E-state index in [4.69, 9.17) is 4.74 Å². The van der Waals surface area contributed by atoms with Crippen LogP contribution in [0.2, 0.25) is 0 Å². The molecule has 0 aromatic heterocycles. The van der Waals surface area contributed by atoms with Gasteiger partial charge in [-0.05, 0) is 18.6 Å². The molecule has 110 valence electrons. The Balaban J connectivity index is 2.63. The number of hydrogen-bond donors (Lipinski definition) is 0. The molecule has 1 rings (SSSR count). The van der Waals surface area contributed by atoms with E-state index in [-0.39, 0.29) is 0 Å². The van der Waals surface area contributed by atoms with Crippen LogP contribution in [0.4, 0.5) is 0 Å². The fourth-order valence-electron chi connectivity index (χ4n) is 1.80. The van der Waals surface area contributed by atoms with Crippen LogP contribution in [0.25, 0.3) is 0 Å². The van der Waals surface area contributed by atoms with Crippen LogP contribution in [0, 0.1) is 0 Å². The number of unbranched alkanes of at least 4 members (excludes halogenated alkanes) is 3. The lowest BCUT2D eigenvalue weighted by molar-refractivity contribution is 0.0493. The van der Waals surface area contributed by atoms with Crippen molar-refractivity contribution in [2.45, 2.75) is 37.5 Å². The largest absolute Gasteiger partial charge is 0.462 e. The predicted octanol–water partition coefficient (Wildman–Crippen LogP) is 3.72. The number of carbonyl (C=O) groups excluding carboxylic acids is 1. The minimum Gasteiger partial charge on any atom is -0.462 e. The van der Waals surface area contributed by atoms with Crippen molar-refractivity contribution in [1.29, 1.82) is 0 Å². The highest BCUT2D eigenvalue weighted by Crippen LogP contribution is 2.15. The van der Waals surface area contributed by atoms with E-state index >= 15 is 0 Å². The maximum Gasteiger partial charge on any atom is 0.339 e. The zero-order valence-electron chi connectivity index (χ0n) is 12.0. The van der Waals surface area contributed by atoms with Gasteiger partial charge in [0.25, 0.3) is 0 Å². The van der Waals surface area contributed by atoms with Crippen LogP contribution < -0.4 is 0 Å². The van der Waals surface area contributed by atoms with Crippen molar-refractivity contribution in [3.05, 3.63) is 42.5 Å². The molecule has 1 atom stereocenters. The van der Waals surface area contributed by atoms with Crippen molar-refractivity contribution in [3.8, 4) is 0 Å². The maximum atomic E-state index is 12.0. The number of rotatable bonds is 9. The summed E-state index contributed by atoms with van der Waals surface area (Å²) in [4.78, 5) is 12.5. The zero-order valence-corrected chi connectivity index (χ0v) is 12.8. The van der Waals surface area contributed by atoms with Gasteiger partial charge in [0.2, 0.25) is 0 Å². The summed E-state index contributed by atoms with van der Waals surface area (Å²) < 4.78 is 17.3. The second-order valence-corrected chi connectivity index (χ2v) is 5.96. The van der Waals surface area contributed by atoms with E-state index in [9.17, 15) is 9.00 Å². The average Bonchev–Trinajstić information content (AvgIpc) is 2.47. The number of benzene rings is 1. The van der Waals surface area contributed by atoms with E-state index in [0.29, 0.717) is 22.8 Å². The van der Waals surface area contributed by atoms with Gasteiger partial charge in [0.15, 0.2) is 0 Å². The van der Waals surface area contributed by atoms with Gasteiger partial charge in [-0.25, -0.2) is 4.79 Å². The van der Waals surface area contributed by atoms with Gasteiger partial charge in [-0.15, -0.1) is 6.58 Å². The fraction of sp³-hybridized carbons (Fsp3) is 0.438. The molecule has 0 amide bonds. The SMILES string of the molecule is C=CCS(=O)c1ccccc1C(=O)OCCCCCC. The molecule has 3 nitrogen and oxygen atoms in total. The van der Waals surface area contributed by atoms with Crippen molar-refractivity contribution in [3.63, 3.8) is 0 Å². The third-order valence-corrected chi connectivity index (χ3v) is 4.24. The summed E-state index contributed by atoms with van der Waals surface area (Å²) in [5.41, 5.74) is 0.392. The van der Waals surface area contributed by atoms with Gasteiger partial charge in [0.1, 0.15) is 0 Å². The topological polar surface area (TPSA) is 43.4 Å². The van der Waals surface area contributed by atoms with Gasteiger partial charge in [-0.3, -0.25) is 4.21 Å². The predicted molar refractivity (Wildman–Crippen MR) is 82.3 cm³/mol. The monoisotopic (exact) mass is 294 g/mol. The van der Waals surface area contributed by atoms with E-state index in [1.54, 1.807) is 30.3 Å². The Hall–Kier alpha value is -1.42. The van der Waals surface area contributed by atoms with Crippen LogP contribution in [0.1, 0.15) is 43.0 Å². The first kappa shape index (κ1) is 16.6. The standard InChI is InChI=1S/C16H22O3S/c1-3-5-6-9-12-19-16(17)14-10-7-8-11-15(14)20(18)13-4-2/h4,7-8,10-11H,2-3,5-6,9,12-13H2,1H3. The second kappa shape index (κ2) is 9.48. The van der Waals surface area contributed by atoms with Gasteiger partial charge < -0.3 is 4.74 Å². The Morgan fingerprint density at radius 3 is 2.75 bits per heavy atom. The molecule has 0 bridgehead atoms. The summed E-state index contributed by atoms with van der Waals surface area (Å²) in [5, 5.41) is 0. The third kappa shape index (κ3) is 5.29. The molecule has 0 aliphatic heterocycles. The molecule has 0 radical (unpaired) electrons. The smallest absolute Gasteiger partial charge is 0.339 e. The Morgan fingerprint density at radius 2 is 2.05 bits per heavy atom. The van der Waals surface area contributed by atoms with Crippen molar-refractivity contribution < 1.29 is 13.7 Å². The lowest BCUT2D eigenvalue weighted by Gasteiger charge is -2.08. The molecule has 0 aliphatic carbocycles. The van der Waals surface area contributed by atoms with E-state index in [1.807, 2.05) is 0 Å². The van der Waals surface area contributed by atoms with Crippen molar-refractivity contribution in [1.82, 2.24) is 0 Å². The van der Waals surface area contributed by atoms with Crippen LogP contribution in [0.3, 0.4) is 0 Å². The average molecular weight is 294 g/mol. The molecule has 1 unspecified atom stereocenters. The molecule has 4 heteroatoms. The van der Waals surface area contributed by atoms with Gasteiger partial charge in [0.05, 0.1) is 27.9 Å². The summed E-state index contributed by atoms with van der Waals surface area (Å²) in [6, 6.07) is 6.88. The van der Waals surface area contributed by atoms with Crippen LogP contribution >= 0.6 is 0 Å². The fourth-order valence-corrected chi connectivity index (χ4v) is 2.82. The van der Waals surface area contributed by atoms with E-state index in [2.05, 4.69) is 13.5 Å². The lowest BCUT2D eigenvalue weighted by Crippen LogP contribution is -2.11. The first-order valence-corrected chi connectivity index (χ1v) is 8.28. The Labute approximate surface area is 123 Å². The van der Waals surface area contributed by atoms with E-state index in [0.717, 1.165) is 25.7 Å². The molecule has 20 heavy (non-hydrogen) atoms. The van der Waals surface area contributed by atoms with E-state index in [1.165, 1.54) is 0 Å². The van der Waals surface area contributed by atoms with Gasteiger partial charge in [0, 0.05) is 5.75 Å². The summed E-state index contributed by atoms with van der Waals surface area (Å²) in [7, 11) is -1.24. The van der Waals surface area contributed by atoms with Crippen LogP contribution in [-0.4, -0.2) is 22.5 Å². The summed E-state index contributed by atoms with van der Waals surface area (Å²) in [5.74, 6) is -0.0599. The minimum atomic E-state index is -1.24. The molecule has 0 saturated heterocycles. The summed E-state index contributed by atoms with van der Waals surface area (Å²) in [6.07, 6.45) is 5.82. The molecule has 1 aromatic carbocycles. The van der Waals surface area contributed by atoms with Crippen LogP contribution in [0.5, 0.6) is 0 Å². The van der Waals surface area contributed by atoms with Gasteiger partial charge in [-0.1, -0.05) is 44.4 Å². The summed E-state index contributed by atoms with van der Waals surface area (Å²) >= 11 is 0. The van der Waals surface area contributed by atoms with Crippen LogP contribution in [-0.2, 0) is 15.5 Å². The summed E-state index contributed by atoms with van der Waals surface area (Å²) in [6.45, 7) is 6.12. The number of carbonyl (C=O) groups is 1. The molecule has 0 heterocycles. The second-order valence-electron chi connectivity index (χ2n) is 4.49. The molecule has 0 fully saturated rings. The minimum absolute atomic E-state index is 0.334. The number of hydrogen-bond acceptors (Lipinski definition) is 3. The lowest BCUT2D eigenvalue weighted by atomic mass is 10.2. The number of ether oxygens (including phenoxy) is 1. The van der Waals surface area contributed by atoms with Crippen molar-refractivity contribution in [2.24, 2.45) is 0 Å². The Kier molecular flexibility index (Phi) is 7.88. The normalized spacial score (nSPS) is 11.8. The highest BCUT2D eigenvalue weighted by molar-refractivity contribution is 7.85. The zero-order chi connectivity index (χ0) is 14.8. The quantitative estimate of drug-likeness (QED) is 0.396. The maximum absolute atomic E-state index is 12.0. The van der Waals surface area contributed by atoms with Crippen molar-refractivity contribution in [2.75, 3.05) is 12.4 Å². The highest BCUT2D eigenvalue weighted by atomic mass is 32.2. The Morgan fingerprint density at radius 1 is 1.30 bits per heavy atom. The molecule has 0 spiro atoms. The molecule has 0 saturated carbocycles. The van der Waals surface area contributed by atoms with Crippen LogP contribution in [0.15, 0.2) is 41.8 Å². The van der Waals surface area contributed by atoms with Crippen molar-refractivity contribution >= 4 is 16.8 Å². The number of esters is 1. The van der Waals surface area contributed by atoms with E-state index < -0.39 is 16.8 Å².